The molecule has 0 rings (SSSR count). The molecule has 0 aromatic carbocycles. The fourth-order valence-electron chi connectivity index (χ4n) is 1.09. The Labute approximate surface area is 108 Å². The van der Waals surface area contributed by atoms with Crippen LogP contribution in [0.5, 0.6) is 0 Å². The lowest BCUT2D eigenvalue weighted by Gasteiger charge is -1.98. The van der Waals surface area contributed by atoms with Gasteiger partial charge in [-0.2, -0.15) is 0 Å². The van der Waals surface area contributed by atoms with E-state index in [1.807, 2.05) is 6.92 Å². The van der Waals surface area contributed by atoms with Gasteiger partial charge in [-0.05, 0) is 27.2 Å². The first-order valence-corrected chi connectivity index (χ1v) is 5.99. The van der Waals surface area contributed by atoms with Crippen LogP contribution in [0.3, 0.4) is 0 Å². The van der Waals surface area contributed by atoms with Crippen LogP contribution in [0.4, 0.5) is 0 Å². The molecule has 0 amide bonds. The highest BCUT2D eigenvalue weighted by atomic mass is 16.5. The van der Waals surface area contributed by atoms with Gasteiger partial charge >= 0.3 is 5.97 Å². The van der Waals surface area contributed by atoms with Crippen LogP contribution in [0.15, 0.2) is 0 Å². The summed E-state index contributed by atoms with van der Waals surface area (Å²) in [6, 6.07) is 0. The first kappa shape index (κ1) is 18.8. The zero-order valence-electron chi connectivity index (χ0n) is 11.6. The predicted octanol–water partition coefficient (Wildman–Crippen LogP) is 1.86. The van der Waals surface area contributed by atoms with Gasteiger partial charge in [0.1, 0.15) is 23.8 Å². The molecule has 0 radical (unpaired) electrons. The molecule has 0 saturated carbocycles. The molecule has 0 unspecified atom stereocenters. The highest BCUT2D eigenvalue weighted by molar-refractivity contribution is 5.96. The lowest BCUT2D eigenvalue weighted by atomic mass is 10.2. The summed E-state index contributed by atoms with van der Waals surface area (Å²) >= 11 is 0. The summed E-state index contributed by atoms with van der Waals surface area (Å²) < 4.78 is 4.60. The van der Waals surface area contributed by atoms with Crippen molar-refractivity contribution in [2.45, 2.75) is 53.4 Å². The first-order valence-electron chi connectivity index (χ1n) is 5.99. The summed E-state index contributed by atoms with van der Waals surface area (Å²) in [5, 5.41) is 0. The molecule has 0 N–H and O–H groups in total. The first-order chi connectivity index (χ1) is 8.33. The van der Waals surface area contributed by atoms with Gasteiger partial charge in [-0.25, -0.2) is 0 Å². The van der Waals surface area contributed by atoms with Gasteiger partial charge in [0, 0.05) is 6.42 Å². The SMILES string of the molecule is CC(=O)CC(C)=O.CCCC(=O)CC(=O)OCC. The zero-order valence-corrected chi connectivity index (χ0v) is 11.6. The molecule has 0 aromatic heterocycles. The van der Waals surface area contributed by atoms with E-state index in [2.05, 4.69) is 4.74 Å². The molecule has 104 valence electrons. The van der Waals surface area contributed by atoms with Gasteiger partial charge in [-0.3, -0.25) is 19.2 Å². The van der Waals surface area contributed by atoms with Crippen molar-refractivity contribution in [2.24, 2.45) is 0 Å². The number of rotatable bonds is 7. The molecule has 5 nitrogen and oxygen atoms in total. The van der Waals surface area contributed by atoms with E-state index >= 15 is 0 Å². The molecule has 0 aliphatic heterocycles. The van der Waals surface area contributed by atoms with E-state index in [1.54, 1.807) is 6.92 Å². The normalized spacial score (nSPS) is 8.89. The van der Waals surface area contributed by atoms with E-state index < -0.39 is 5.97 Å². The van der Waals surface area contributed by atoms with Gasteiger partial charge in [-0.1, -0.05) is 6.92 Å². The van der Waals surface area contributed by atoms with E-state index in [4.69, 9.17) is 0 Å². The summed E-state index contributed by atoms with van der Waals surface area (Å²) in [7, 11) is 0. The third-order valence-corrected chi connectivity index (χ3v) is 1.67. The number of carbonyl (C=O) groups is 4. The second-order valence-corrected chi connectivity index (χ2v) is 3.85. The fraction of sp³-hybridized carbons (Fsp3) is 0.692. The van der Waals surface area contributed by atoms with Crippen molar-refractivity contribution < 1.29 is 23.9 Å². The van der Waals surface area contributed by atoms with Crippen LogP contribution >= 0.6 is 0 Å². The Balaban J connectivity index is 0. The molecule has 0 heterocycles. The molecular formula is C13H22O5. The lowest BCUT2D eigenvalue weighted by Crippen LogP contribution is -2.10. The smallest absolute Gasteiger partial charge is 0.313 e. The number of Topliss-reactive ketones (excluding diaryl/α,β-unsaturated/α-hetero) is 3. The third kappa shape index (κ3) is 16.9. The molecule has 0 bridgehead atoms. The van der Waals surface area contributed by atoms with E-state index in [9.17, 15) is 19.2 Å². The molecule has 0 saturated heterocycles. The van der Waals surface area contributed by atoms with Crippen LogP contribution in [0.25, 0.3) is 0 Å². The van der Waals surface area contributed by atoms with E-state index in [-0.39, 0.29) is 30.2 Å². The monoisotopic (exact) mass is 258 g/mol. The fourth-order valence-corrected chi connectivity index (χ4v) is 1.09. The number of hydrogen-bond acceptors (Lipinski definition) is 5. The minimum Gasteiger partial charge on any atom is -0.466 e. The van der Waals surface area contributed by atoms with Gasteiger partial charge in [0.15, 0.2) is 0 Å². The number of hydrogen-bond donors (Lipinski definition) is 0. The van der Waals surface area contributed by atoms with Crippen LogP contribution in [0, 0.1) is 0 Å². The minimum absolute atomic E-state index is 0.0362. The number of ether oxygens (including phenoxy) is 1. The van der Waals surface area contributed by atoms with Gasteiger partial charge in [0.2, 0.25) is 0 Å². The van der Waals surface area contributed by atoms with Gasteiger partial charge in [0.05, 0.1) is 13.0 Å². The summed E-state index contributed by atoms with van der Waals surface area (Å²) in [6.45, 7) is 6.78. The third-order valence-electron chi connectivity index (χ3n) is 1.67. The second kappa shape index (κ2) is 12.0. The number of esters is 1. The second-order valence-electron chi connectivity index (χ2n) is 3.85. The molecule has 0 aromatic rings. The van der Waals surface area contributed by atoms with Crippen LogP contribution < -0.4 is 0 Å². The Morgan fingerprint density at radius 1 is 0.889 bits per heavy atom. The molecule has 5 heteroatoms. The summed E-state index contributed by atoms with van der Waals surface area (Å²) in [4.78, 5) is 41.6. The van der Waals surface area contributed by atoms with Gasteiger partial charge < -0.3 is 4.74 Å². The van der Waals surface area contributed by atoms with Crippen LogP contribution in [-0.4, -0.2) is 29.9 Å². The van der Waals surface area contributed by atoms with E-state index in [1.165, 1.54) is 13.8 Å². The lowest BCUT2D eigenvalue weighted by molar-refractivity contribution is -0.145. The molecule has 0 aliphatic carbocycles. The maximum atomic E-state index is 10.8. The highest BCUT2D eigenvalue weighted by Crippen LogP contribution is 1.95. The van der Waals surface area contributed by atoms with Crippen molar-refractivity contribution >= 4 is 23.3 Å². The van der Waals surface area contributed by atoms with Crippen molar-refractivity contribution in [1.29, 1.82) is 0 Å². The zero-order chi connectivity index (χ0) is 14.6. The topological polar surface area (TPSA) is 77.5 Å². The quantitative estimate of drug-likeness (QED) is 0.514. The Morgan fingerprint density at radius 2 is 1.39 bits per heavy atom. The van der Waals surface area contributed by atoms with E-state index in [0.29, 0.717) is 13.0 Å². The van der Waals surface area contributed by atoms with Crippen molar-refractivity contribution in [2.75, 3.05) is 6.61 Å². The van der Waals surface area contributed by atoms with Crippen molar-refractivity contribution in [3.63, 3.8) is 0 Å². The van der Waals surface area contributed by atoms with Crippen LogP contribution in [-0.2, 0) is 23.9 Å². The molecule has 0 spiro atoms. The standard InChI is InChI=1S/C8H14O3.C5H8O2/c1-3-5-7(9)6-8(10)11-4-2;1-4(6)3-5(2)7/h3-6H2,1-2H3;3H2,1-2H3. The Hall–Kier alpha value is -1.52. The molecule has 0 atom stereocenters. The van der Waals surface area contributed by atoms with Crippen molar-refractivity contribution in [1.82, 2.24) is 0 Å². The largest absolute Gasteiger partial charge is 0.466 e. The van der Waals surface area contributed by atoms with Gasteiger partial charge in [-0.15, -0.1) is 0 Å². The Bertz CT molecular complexity index is 266. The van der Waals surface area contributed by atoms with Crippen LogP contribution in [0.2, 0.25) is 0 Å². The van der Waals surface area contributed by atoms with Gasteiger partial charge in [0.25, 0.3) is 0 Å². The minimum atomic E-state index is -0.411. The molecule has 0 fully saturated rings. The highest BCUT2D eigenvalue weighted by Gasteiger charge is 2.08. The molecule has 0 aliphatic rings. The maximum absolute atomic E-state index is 10.8. The average Bonchev–Trinajstić information content (AvgIpc) is 2.16. The van der Waals surface area contributed by atoms with Crippen molar-refractivity contribution in [3.8, 4) is 0 Å². The maximum Gasteiger partial charge on any atom is 0.313 e. The van der Waals surface area contributed by atoms with Crippen LogP contribution in [0.1, 0.15) is 53.4 Å². The number of carbonyl (C=O) groups excluding carboxylic acids is 4. The Morgan fingerprint density at radius 3 is 1.67 bits per heavy atom. The van der Waals surface area contributed by atoms with Crippen molar-refractivity contribution in [3.05, 3.63) is 0 Å². The summed E-state index contributed by atoms with van der Waals surface area (Å²) in [5.74, 6) is -0.572. The predicted molar refractivity (Wildman–Crippen MR) is 67.1 cm³/mol. The molecule has 18 heavy (non-hydrogen) atoms. The molecular weight excluding hydrogens is 236 g/mol. The Kier molecular flexibility index (Phi) is 12.5. The number of ketones is 3. The summed E-state index contributed by atoms with van der Waals surface area (Å²) in [5.41, 5.74) is 0. The summed E-state index contributed by atoms with van der Waals surface area (Å²) in [6.07, 6.45) is 1.28. The average molecular weight is 258 g/mol. The van der Waals surface area contributed by atoms with E-state index in [0.717, 1.165) is 6.42 Å².